The van der Waals surface area contributed by atoms with Crippen molar-refractivity contribution in [3.05, 3.63) is 0 Å². The van der Waals surface area contributed by atoms with Crippen molar-refractivity contribution in [1.29, 1.82) is 0 Å². The Morgan fingerprint density at radius 2 is 1.94 bits per heavy atom. The Morgan fingerprint density at radius 3 is 2.35 bits per heavy atom. The van der Waals surface area contributed by atoms with Gasteiger partial charge in [-0.05, 0) is 19.3 Å². The molecule has 0 saturated heterocycles. The van der Waals surface area contributed by atoms with Crippen LogP contribution in [0.2, 0.25) is 0 Å². The van der Waals surface area contributed by atoms with E-state index in [1.54, 1.807) is 7.05 Å². The molecule has 1 unspecified atom stereocenters. The van der Waals surface area contributed by atoms with Gasteiger partial charge in [0.1, 0.15) is 0 Å². The SMILES string of the molecule is CCNC(=O)CN(C)C(=O)C(CN)CC(C)C. The summed E-state index contributed by atoms with van der Waals surface area (Å²) in [6.07, 6.45) is 0.759. The third-order valence-electron chi connectivity index (χ3n) is 2.52. The predicted molar refractivity (Wildman–Crippen MR) is 68.3 cm³/mol. The molecule has 0 aliphatic heterocycles. The molecule has 0 aromatic carbocycles. The lowest BCUT2D eigenvalue weighted by molar-refractivity contribution is -0.138. The minimum Gasteiger partial charge on any atom is -0.355 e. The molecule has 0 aromatic heterocycles. The standard InChI is InChI=1S/C12H25N3O2/c1-5-14-11(16)8-15(4)12(17)10(7-13)6-9(2)3/h9-10H,5-8,13H2,1-4H3,(H,14,16). The van der Waals surface area contributed by atoms with Crippen LogP contribution in [0, 0.1) is 11.8 Å². The largest absolute Gasteiger partial charge is 0.355 e. The van der Waals surface area contributed by atoms with E-state index in [9.17, 15) is 9.59 Å². The minimum absolute atomic E-state index is 0.0487. The van der Waals surface area contributed by atoms with Crippen molar-refractivity contribution in [2.75, 3.05) is 26.7 Å². The van der Waals surface area contributed by atoms with E-state index in [-0.39, 0.29) is 24.3 Å². The first-order valence-corrected chi connectivity index (χ1v) is 6.14. The molecule has 17 heavy (non-hydrogen) atoms. The van der Waals surface area contributed by atoms with Crippen LogP contribution in [0.15, 0.2) is 0 Å². The van der Waals surface area contributed by atoms with Crippen molar-refractivity contribution in [1.82, 2.24) is 10.2 Å². The lowest BCUT2D eigenvalue weighted by Gasteiger charge is -2.23. The van der Waals surface area contributed by atoms with E-state index in [1.165, 1.54) is 4.90 Å². The van der Waals surface area contributed by atoms with Crippen LogP contribution < -0.4 is 11.1 Å². The van der Waals surface area contributed by atoms with Gasteiger partial charge in [0.2, 0.25) is 11.8 Å². The molecule has 100 valence electrons. The van der Waals surface area contributed by atoms with Gasteiger partial charge in [-0.1, -0.05) is 13.8 Å². The van der Waals surface area contributed by atoms with Crippen LogP contribution in [0.1, 0.15) is 27.2 Å². The molecule has 1 atom stereocenters. The Kier molecular flexibility index (Phi) is 7.54. The molecule has 0 radical (unpaired) electrons. The highest BCUT2D eigenvalue weighted by molar-refractivity contribution is 5.85. The fourth-order valence-corrected chi connectivity index (χ4v) is 1.72. The second-order valence-corrected chi connectivity index (χ2v) is 4.71. The van der Waals surface area contributed by atoms with E-state index < -0.39 is 0 Å². The monoisotopic (exact) mass is 243 g/mol. The summed E-state index contributed by atoms with van der Waals surface area (Å²) >= 11 is 0. The number of nitrogens with zero attached hydrogens (tertiary/aromatic N) is 1. The van der Waals surface area contributed by atoms with Gasteiger partial charge in [-0.2, -0.15) is 0 Å². The van der Waals surface area contributed by atoms with Gasteiger partial charge in [0, 0.05) is 20.1 Å². The van der Waals surface area contributed by atoms with E-state index in [2.05, 4.69) is 19.2 Å². The molecule has 0 aliphatic rings. The van der Waals surface area contributed by atoms with Crippen LogP contribution >= 0.6 is 0 Å². The average molecular weight is 243 g/mol. The number of carbonyl (C=O) groups is 2. The highest BCUT2D eigenvalue weighted by Gasteiger charge is 2.22. The Bertz CT molecular complexity index is 254. The molecular weight excluding hydrogens is 218 g/mol. The number of carbonyl (C=O) groups excluding carboxylic acids is 2. The molecule has 5 nitrogen and oxygen atoms in total. The first-order valence-electron chi connectivity index (χ1n) is 6.14. The number of nitrogens with two attached hydrogens (primary N) is 1. The number of amides is 2. The van der Waals surface area contributed by atoms with Gasteiger partial charge in [0.15, 0.2) is 0 Å². The van der Waals surface area contributed by atoms with Crippen molar-refractivity contribution < 1.29 is 9.59 Å². The smallest absolute Gasteiger partial charge is 0.239 e. The van der Waals surface area contributed by atoms with E-state index in [0.717, 1.165) is 6.42 Å². The fourth-order valence-electron chi connectivity index (χ4n) is 1.72. The summed E-state index contributed by atoms with van der Waals surface area (Å²) in [7, 11) is 1.64. The lowest BCUT2D eigenvalue weighted by atomic mass is 9.96. The maximum absolute atomic E-state index is 12.0. The van der Waals surface area contributed by atoms with Crippen LogP contribution in [-0.2, 0) is 9.59 Å². The molecule has 3 N–H and O–H groups in total. The molecule has 0 rings (SSSR count). The van der Waals surface area contributed by atoms with Crippen molar-refractivity contribution in [3.8, 4) is 0 Å². The van der Waals surface area contributed by atoms with Crippen LogP contribution in [0.3, 0.4) is 0 Å². The Labute approximate surface area is 104 Å². The van der Waals surface area contributed by atoms with Gasteiger partial charge < -0.3 is 16.0 Å². The van der Waals surface area contributed by atoms with Crippen molar-refractivity contribution >= 4 is 11.8 Å². The Balaban J connectivity index is 4.30. The highest BCUT2D eigenvalue weighted by atomic mass is 16.2. The normalized spacial score (nSPS) is 12.4. The van der Waals surface area contributed by atoms with Gasteiger partial charge in [-0.3, -0.25) is 9.59 Å². The molecule has 0 heterocycles. The van der Waals surface area contributed by atoms with E-state index in [0.29, 0.717) is 19.0 Å². The number of nitrogens with one attached hydrogen (secondary N) is 1. The van der Waals surface area contributed by atoms with E-state index >= 15 is 0 Å². The van der Waals surface area contributed by atoms with Gasteiger partial charge in [-0.25, -0.2) is 0 Å². The lowest BCUT2D eigenvalue weighted by Crippen LogP contribution is -2.43. The number of rotatable bonds is 7. The third-order valence-corrected chi connectivity index (χ3v) is 2.52. The average Bonchev–Trinajstić information content (AvgIpc) is 2.24. The first-order chi connectivity index (χ1) is 7.92. The van der Waals surface area contributed by atoms with Crippen molar-refractivity contribution in [2.24, 2.45) is 17.6 Å². The molecule has 5 heteroatoms. The Morgan fingerprint density at radius 1 is 1.35 bits per heavy atom. The summed E-state index contributed by atoms with van der Waals surface area (Å²) in [5.74, 6) is 0.0518. The zero-order valence-electron chi connectivity index (χ0n) is 11.3. The van der Waals surface area contributed by atoms with Gasteiger partial charge in [-0.15, -0.1) is 0 Å². The molecule has 0 aromatic rings. The molecule has 0 aliphatic carbocycles. The molecular formula is C12H25N3O2. The van der Waals surface area contributed by atoms with Gasteiger partial charge >= 0.3 is 0 Å². The Hall–Kier alpha value is -1.10. The minimum atomic E-state index is -0.186. The second kappa shape index (κ2) is 8.06. The zero-order valence-corrected chi connectivity index (χ0v) is 11.3. The summed E-state index contributed by atoms with van der Waals surface area (Å²) < 4.78 is 0. The molecule has 0 fully saturated rings. The zero-order chi connectivity index (χ0) is 13.4. The summed E-state index contributed by atoms with van der Waals surface area (Å²) in [5, 5.41) is 2.66. The number of hydrogen-bond donors (Lipinski definition) is 2. The molecule has 0 spiro atoms. The van der Waals surface area contributed by atoms with E-state index in [4.69, 9.17) is 5.73 Å². The van der Waals surface area contributed by atoms with Crippen LogP contribution in [0.5, 0.6) is 0 Å². The maximum atomic E-state index is 12.0. The van der Waals surface area contributed by atoms with E-state index in [1.807, 2.05) is 6.92 Å². The summed E-state index contributed by atoms with van der Waals surface area (Å²) in [6, 6.07) is 0. The third kappa shape index (κ3) is 6.26. The van der Waals surface area contributed by atoms with Crippen LogP contribution in [-0.4, -0.2) is 43.4 Å². The number of hydrogen-bond acceptors (Lipinski definition) is 3. The summed E-state index contributed by atoms with van der Waals surface area (Å²) in [4.78, 5) is 24.8. The van der Waals surface area contributed by atoms with Crippen molar-refractivity contribution in [3.63, 3.8) is 0 Å². The maximum Gasteiger partial charge on any atom is 0.239 e. The van der Waals surface area contributed by atoms with Crippen molar-refractivity contribution in [2.45, 2.75) is 27.2 Å². The fraction of sp³-hybridized carbons (Fsp3) is 0.833. The van der Waals surface area contributed by atoms with Gasteiger partial charge in [0.05, 0.1) is 12.5 Å². The van der Waals surface area contributed by atoms with Gasteiger partial charge in [0.25, 0.3) is 0 Å². The van der Waals surface area contributed by atoms with Crippen LogP contribution in [0.25, 0.3) is 0 Å². The van der Waals surface area contributed by atoms with Crippen LogP contribution in [0.4, 0.5) is 0 Å². The molecule has 0 saturated carbocycles. The second-order valence-electron chi connectivity index (χ2n) is 4.71. The number of likely N-dealkylation sites (N-methyl/N-ethyl adjacent to an activating group) is 2. The summed E-state index contributed by atoms with van der Waals surface area (Å²) in [5.41, 5.74) is 5.60. The summed E-state index contributed by atoms with van der Waals surface area (Å²) in [6.45, 7) is 6.96. The molecule has 0 bridgehead atoms. The predicted octanol–water partition coefficient (Wildman–Crippen LogP) is 0.202. The highest BCUT2D eigenvalue weighted by Crippen LogP contribution is 2.12. The quantitative estimate of drug-likeness (QED) is 0.671. The first kappa shape index (κ1) is 15.9. The molecule has 2 amide bonds. The topological polar surface area (TPSA) is 75.4 Å².